The Morgan fingerprint density at radius 1 is 1.15 bits per heavy atom. The molecular formula is C10H20NO12P3. The summed E-state index contributed by atoms with van der Waals surface area (Å²) in [5.41, 5.74) is 0.902. The lowest BCUT2D eigenvalue weighted by Crippen LogP contribution is -2.28. The number of rotatable bonds is 8. The fourth-order valence-electron chi connectivity index (χ4n) is 2.42. The molecule has 2 unspecified atom stereocenters. The summed E-state index contributed by atoms with van der Waals surface area (Å²) in [6, 6.07) is 0. The van der Waals surface area contributed by atoms with E-state index in [0.717, 1.165) is 5.57 Å². The maximum atomic E-state index is 11.7. The van der Waals surface area contributed by atoms with Gasteiger partial charge < -0.3 is 33.9 Å². The Labute approximate surface area is 148 Å². The van der Waals surface area contributed by atoms with Gasteiger partial charge in [-0.05, 0) is 12.8 Å². The maximum absolute atomic E-state index is 11.7. The Morgan fingerprint density at radius 2 is 1.85 bits per heavy atom. The zero-order valence-electron chi connectivity index (χ0n) is 13.6. The molecule has 152 valence electrons. The van der Waals surface area contributed by atoms with E-state index in [-0.39, 0.29) is 6.10 Å². The summed E-state index contributed by atoms with van der Waals surface area (Å²) in [5, 5.41) is 0. The molecule has 0 amide bonds. The fourth-order valence-corrected chi connectivity index (χ4v) is 5.47. The molecule has 2 aliphatic heterocycles. The SMILES string of the molecule is CN1C=C([C@H]2CC[C@@H](COP(=O)(O)OP(=O)(O)OP(=O)(O)O)O2)COC1. The standard InChI is InChI=1S/C10H20NO12P3/c1-11-4-8(5-19-7-11)10-3-2-9(21-10)6-20-25(15,16)23-26(17,18)22-24(12,13)14/h4,9-10H,2-3,5-7H2,1H3,(H,15,16)(H,17,18)(H2,12,13,14)/t9-,10+/m0/s1. The van der Waals surface area contributed by atoms with Gasteiger partial charge in [-0.15, -0.1) is 0 Å². The zero-order chi connectivity index (χ0) is 19.6. The summed E-state index contributed by atoms with van der Waals surface area (Å²) >= 11 is 0. The summed E-state index contributed by atoms with van der Waals surface area (Å²) < 4.78 is 56.3. The third kappa shape index (κ3) is 7.47. The molecule has 13 nitrogen and oxygen atoms in total. The van der Waals surface area contributed by atoms with Crippen molar-refractivity contribution in [2.75, 3.05) is 27.0 Å². The molecule has 16 heteroatoms. The van der Waals surface area contributed by atoms with E-state index >= 15 is 0 Å². The van der Waals surface area contributed by atoms with E-state index in [2.05, 4.69) is 13.1 Å². The fraction of sp³-hybridized carbons (Fsp3) is 0.800. The molecule has 4 atom stereocenters. The van der Waals surface area contributed by atoms with Crippen LogP contribution in [0.1, 0.15) is 12.8 Å². The highest BCUT2D eigenvalue weighted by Gasteiger charge is 2.41. The van der Waals surface area contributed by atoms with Gasteiger partial charge >= 0.3 is 23.5 Å². The van der Waals surface area contributed by atoms with E-state index in [4.69, 9.17) is 24.2 Å². The second-order valence-electron chi connectivity index (χ2n) is 5.65. The number of ether oxygens (including phenoxy) is 2. The lowest BCUT2D eigenvalue weighted by Gasteiger charge is -2.26. The second-order valence-corrected chi connectivity index (χ2v) is 10.1. The van der Waals surface area contributed by atoms with E-state index in [0.29, 0.717) is 26.2 Å². The molecular weight excluding hydrogens is 419 g/mol. The van der Waals surface area contributed by atoms with Crippen LogP contribution in [-0.2, 0) is 36.3 Å². The van der Waals surface area contributed by atoms with Crippen molar-refractivity contribution in [3.63, 3.8) is 0 Å². The molecule has 2 heterocycles. The van der Waals surface area contributed by atoms with Gasteiger partial charge in [0.2, 0.25) is 0 Å². The number of nitrogens with zero attached hydrogens (tertiary/aromatic N) is 1. The zero-order valence-corrected chi connectivity index (χ0v) is 16.3. The van der Waals surface area contributed by atoms with Crippen molar-refractivity contribution < 1.29 is 55.9 Å². The number of phosphoric ester groups is 1. The van der Waals surface area contributed by atoms with Gasteiger partial charge in [0.15, 0.2) is 0 Å². The normalized spacial score (nSPS) is 29.1. The molecule has 0 aliphatic carbocycles. The Bertz CT molecular complexity index is 676. The Morgan fingerprint density at radius 3 is 2.46 bits per heavy atom. The van der Waals surface area contributed by atoms with Crippen molar-refractivity contribution in [2.45, 2.75) is 25.0 Å². The predicted octanol–water partition coefficient (Wildman–Crippen LogP) is 0.681. The molecule has 0 saturated carbocycles. The van der Waals surface area contributed by atoms with Gasteiger partial charge in [0.25, 0.3) is 0 Å². The van der Waals surface area contributed by atoms with Crippen LogP contribution in [0.25, 0.3) is 0 Å². The van der Waals surface area contributed by atoms with Gasteiger partial charge in [0.1, 0.15) is 6.73 Å². The number of phosphoric acid groups is 3. The highest BCUT2D eigenvalue weighted by molar-refractivity contribution is 7.66. The van der Waals surface area contributed by atoms with Crippen LogP contribution in [-0.4, -0.2) is 63.7 Å². The Hall–Kier alpha value is -0.130. The quantitative estimate of drug-likeness (QED) is 0.388. The third-order valence-electron chi connectivity index (χ3n) is 3.31. The van der Waals surface area contributed by atoms with Gasteiger partial charge in [-0.1, -0.05) is 0 Å². The lowest BCUT2D eigenvalue weighted by atomic mass is 10.1. The minimum absolute atomic E-state index is 0.257. The van der Waals surface area contributed by atoms with Crippen LogP contribution in [0.5, 0.6) is 0 Å². The molecule has 0 spiro atoms. The van der Waals surface area contributed by atoms with Crippen molar-refractivity contribution in [1.82, 2.24) is 4.90 Å². The molecule has 1 fully saturated rings. The number of hydrogen-bond donors (Lipinski definition) is 4. The molecule has 0 aromatic heterocycles. The van der Waals surface area contributed by atoms with Crippen molar-refractivity contribution in [3.05, 3.63) is 11.8 Å². The first-order valence-electron chi connectivity index (χ1n) is 7.28. The van der Waals surface area contributed by atoms with Crippen LogP contribution in [0.3, 0.4) is 0 Å². The van der Waals surface area contributed by atoms with Crippen molar-refractivity contribution >= 4 is 23.5 Å². The average molecular weight is 439 g/mol. The van der Waals surface area contributed by atoms with Gasteiger partial charge in [-0.25, -0.2) is 13.7 Å². The first-order valence-corrected chi connectivity index (χ1v) is 11.8. The van der Waals surface area contributed by atoms with E-state index in [1.807, 2.05) is 18.1 Å². The van der Waals surface area contributed by atoms with Gasteiger partial charge in [0, 0.05) is 18.8 Å². The van der Waals surface area contributed by atoms with Gasteiger partial charge in [-0.2, -0.15) is 8.62 Å². The van der Waals surface area contributed by atoms with Crippen molar-refractivity contribution in [1.29, 1.82) is 0 Å². The summed E-state index contributed by atoms with van der Waals surface area (Å²) in [6.07, 6.45) is 2.15. The summed E-state index contributed by atoms with van der Waals surface area (Å²) in [4.78, 5) is 37.2. The van der Waals surface area contributed by atoms with E-state index in [1.54, 1.807) is 0 Å². The number of hydrogen-bond acceptors (Lipinski definition) is 9. The van der Waals surface area contributed by atoms with Crippen LogP contribution in [0.15, 0.2) is 11.8 Å². The second kappa shape index (κ2) is 8.48. The van der Waals surface area contributed by atoms with E-state index < -0.39 is 36.2 Å². The minimum Gasteiger partial charge on any atom is -0.368 e. The van der Waals surface area contributed by atoms with Gasteiger partial charge in [0.05, 0.1) is 25.4 Å². The van der Waals surface area contributed by atoms with Crippen LogP contribution >= 0.6 is 23.5 Å². The highest BCUT2D eigenvalue weighted by Crippen LogP contribution is 2.66. The molecule has 0 aromatic carbocycles. The first-order chi connectivity index (χ1) is 11.9. The molecule has 2 rings (SSSR count). The first kappa shape index (κ1) is 22.2. The molecule has 0 aromatic rings. The molecule has 2 aliphatic rings. The maximum Gasteiger partial charge on any atom is 0.490 e. The monoisotopic (exact) mass is 439 g/mol. The average Bonchev–Trinajstić information content (AvgIpc) is 2.90. The lowest BCUT2D eigenvalue weighted by molar-refractivity contribution is 0.00368. The largest absolute Gasteiger partial charge is 0.490 e. The van der Waals surface area contributed by atoms with Crippen LogP contribution < -0.4 is 0 Å². The van der Waals surface area contributed by atoms with E-state index in [1.165, 1.54) is 0 Å². The van der Waals surface area contributed by atoms with Crippen molar-refractivity contribution in [2.24, 2.45) is 0 Å². The molecule has 26 heavy (non-hydrogen) atoms. The van der Waals surface area contributed by atoms with Crippen LogP contribution in [0.4, 0.5) is 0 Å². The topological polar surface area (TPSA) is 182 Å². The third-order valence-corrected chi connectivity index (χ3v) is 7.11. The summed E-state index contributed by atoms with van der Waals surface area (Å²) in [6.45, 7) is 0.424. The Kier molecular flexibility index (Phi) is 7.23. The van der Waals surface area contributed by atoms with Crippen LogP contribution in [0.2, 0.25) is 0 Å². The highest BCUT2D eigenvalue weighted by atomic mass is 31.3. The molecule has 0 bridgehead atoms. The predicted molar refractivity (Wildman–Crippen MR) is 84.4 cm³/mol. The van der Waals surface area contributed by atoms with Crippen molar-refractivity contribution in [3.8, 4) is 0 Å². The smallest absolute Gasteiger partial charge is 0.368 e. The summed E-state index contributed by atoms with van der Waals surface area (Å²) in [5.74, 6) is 0. The van der Waals surface area contributed by atoms with Crippen LogP contribution in [0, 0.1) is 0 Å². The van der Waals surface area contributed by atoms with Gasteiger partial charge in [-0.3, -0.25) is 4.52 Å². The summed E-state index contributed by atoms with van der Waals surface area (Å²) in [7, 11) is -14.2. The Balaban J connectivity index is 1.84. The molecule has 0 radical (unpaired) electrons. The molecule has 4 N–H and O–H groups in total. The molecule has 1 saturated heterocycles. The van der Waals surface area contributed by atoms with E-state index in [9.17, 15) is 18.6 Å². The minimum atomic E-state index is -5.51.